The second kappa shape index (κ2) is 11.1. The molecule has 1 N–H and O–H groups in total. The molecule has 3 aromatic heterocycles. The fourth-order valence-electron chi connectivity index (χ4n) is 4.18. The van der Waals surface area contributed by atoms with Crippen LogP contribution in [0, 0.1) is 12.7 Å². The molecular weight excluding hydrogens is 471 g/mol. The predicted molar refractivity (Wildman–Crippen MR) is 131 cm³/mol. The van der Waals surface area contributed by atoms with E-state index < -0.39 is 11.6 Å². The number of furan rings is 1. The zero-order chi connectivity index (χ0) is 24.8. The Morgan fingerprint density at radius 1 is 1.14 bits per heavy atom. The molecule has 0 radical (unpaired) electrons. The normalized spacial score (nSPS) is 13.9. The molecule has 0 aliphatic carbocycles. The van der Waals surface area contributed by atoms with E-state index in [0.717, 1.165) is 60.5 Å². The number of anilines is 3. The predicted octanol–water partition coefficient (Wildman–Crippen LogP) is 4.48. The zero-order valence-electron chi connectivity index (χ0n) is 19.4. The van der Waals surface area contributed by atoms with Crippen molar-refractivity contribution in [1.82, 2.24) is 19.9 Å². The van der Waals surface area contributed by atoms with E-state index in [2.05, 4.69) is 37.1 Å². The van der Waals surface area contributed by atoms with E-state index in [1.807, 2.05) is 25.4 Å². The van der Waals surface area contributed by atoms with Crippen molar-refractivity contribution >= 4 is 40.1 Å². The van der Waals surface area contributed by atoms with Crippen LogP contribution in [0.25, 0.3) is 11.1 Å². The number of nitrogens with zero attached hydrogens (tertiary/aromatic N) is 5. The van der Waals surface area contributed by atoms with Crippen LogP contribution in [0.1, 0.15) is 42.4 Å². The van der Waals surface area contributed by atoms with E-state index in [4.69, 9.17) is 12.8 Å². The minimum absolute atomic E-state index is 0.321. The lowest BCUT2D eigenvalue weighted by molar-refractivity contribution is 0.493. The van der Waals surface area contributed by atoms with Gasteiger partial charge in [-0.2, -0.15) is 8.42 Å². The molecule has 1 aliphatic rings. The van der Waals surface area contributed by atoms with Crippen molar-refractivity contribution in [1.29, 1.82) is 0 Å². The number of hydrogen-bond donors (Lipinski definition) is 1. The molecule has 9 nitrogen and oxygen atoms in total. The Labute approximate surface area is 205 Å². The summed E-state index contributed by atoms with van der Waals surface area (Å²) in [4.78, 5) is 20.0. The van der Waals surface area contributed by atoms with Gasteiger partial charge in [0, 0.05) is 31.0 Å². The van der Waals surface area contributed by atoms with E-state index in [-0.39, 0.29) is 5.82 Å². The first-order valence-electron chi connectivity index (χ1n) is 11.3. The summed E-state index contributed by atoms with van der Waals surface area (Å²) in [7, 11) is 0. The Morgan fingerprint density at radius 2 is 1.86 bits per heavy atom. The fraction of sp³-hybridized carbons (Fsp3) is 0.333. The summed E-state index contributed by atoms with van der Waals surface area (Å²) < 4.78 is 36.7. The van der Waals surface area contributed by atoms with E-state index in [1.165, 1.54) is 12.4 Å². The number of nitrogens with one attached hydrogen (secondary N) is 1. The number of rotatable bonds is 5. The van der Waals surface area contributed by atoms with Gasteiger partial charge >= 0.3 is 11.6 Å². The molecule has 1 saturated heterocycles. The number of hydrogen-bond acceptors (Lipinski definition) is 9. The third kappa shape index (κ3) is 5.51. The molecule has 182 valence electrons. The van der Waals surface area contributed by atoms with Gasteiger partial charge in [-0.05, 0) is 55.4 Å². The summed E-state index contributed by atoms with van der Waals surface area (Å²) in [6, 6.07) is 5.04. The summed E-state index contributed by atoms with van der Waals surface area (Å²) in [5.41, 5.74) is 4.75. The number of aromatic nitrogens is 4. The molecule has 1 fully saturated rings. The maximum Gasteiger partial charge on any atom is 0.335 e. The highest BCUT2D eigenvalue weighted by Crippen LogP contribution is 2.36. The molecule has 1 aliphatic heterocycles. The SMILES string of the molecule is CCc1cnc(N2CCC(c3coc4c(Nc5ccc(C)cc5F)ncnc34)CC2)nc1.O=S=O. The van der Waals surface area contributed by atoms with Gasteiger partial charge in [0.2, 0.25) is 5.95 Å². The second-order valence-corrected chi connectivity index (χ2v) is 8.41. The lowest BCUT2D eigenvalue weighted by atomic mass is 9.90. The van der Waals surface area contributed by atoms with Gasteiger partial charge in [-0.15, -0.1) is 0 Å². The molecule has 1 aromatic carbocycles. The van der Waals surface area contributed by atoms with E-state index in [9.17, 15) is 4.39 Å². The van der Waals surface area contributed by atoms with Crippen LogP contribution in [0.4, 0.5) is 21.8 Å². The van der Waals surface area contributed by atoms with E-state index in [0.29, 0.717) is 23.0 Å². The third-order valence-corrected chi connectivity index (χ3v) is 6.08. The van der Waals surface area contributed by atoms with Crippen molar-refractivity contribution in [3.8, 4) is 0 Å². The quantitative estimate of drug-likeness (QED) is 0.427. The van der Waals surface area contributed by atoms with Gasteiger partial charge in [-0.3, -0.25) is 0 Å². The van der Waals surface area contributed by atoms with E-state index >= 15 is 0 Å². The average molecular weight is 497 g/mol. The zero-order valence-corrected chi connectivity index (χ0v) is 20.2. The van der Waals surface area contributed by atoms with Crippen molar-refractivity contribution in [3.05, 3.63) is 65.7 Å². The first-order valence-corrected chi connectivity index (χ1v) is 11.9. The number of benzene rings is 1. The standard InChI is InChI=1S/C24H25FN6O.O2S/c1-3-16-11-26-24(27-12-16)31-8-6-17(7-9-31)18-13-32-22-21(18)28-14-29-23(22)30-20-5-4-15(2)10-19(20)25;1-3-2/h4-5,10-14,17H,3,6-9H2,1-2H3,(H,28,29,30);. The van der Waals surface area contributed by atoms with Crippen molar-refractivity contribution < 1.29 is 17.2 Å². The molecule has 0 unspecified atom stereocenters. The maximum absolute atomic E-state index is 14.3. The highest BCUT2D eigenvalue weighted by atomic mass is 32.1. The van der Waals surface area contributed by atoms with E-state index in [1.54, 1.807) is 12.3 Å². The summed E-state index contributed by atoms with van der Waals surface area (Å²) in [6.45, 7) is 5.69. The van der Waals surface area contributed by atoms with Gasteiger partial charge in [0.05, 0.1) is 12.0 Å². The number of fused-ring (bicyclic) bond motifs is 1. The number of aryl methyl sites for hydroxylation is 2. The summed E-state index contributed by atoms with van der Waals surface area (Å²) in [5.74, 6) is 1.24. The van der Waals surface area contributed by atoms with Gasteiger partial charge in [-0.1, -0.05) is 13.0 Å². The van der Waals surface area contributed by atoms with Crippen molar-refractivity contribution in [2.45, 2.75) is 39.0 Å². The number of piperidine rings is 1. The van der Waals surface area contributed by atoms with Crippen LogP contribution in [0.2, 0.25) is 0 Å². The molecule has 0 atom stereocenters. The Bertz CT molecular complexity index is 1330. The van der Waals surface area contributed by atoms with Crippen LogP contribution in [0.3, 0.4) is 0 Å². The van der Waals surface area contributed by atoms with Crippen LogP contribution in [0.15, 0.2) is 47.6 Å². The summed E-state index contributed by atoms with van der Waals surface area (Å²) in [5, 5.41) is 3.05. The topological polar surface area (TPSA) is 114 Å². The Morgan fingerprint density at radius 3 is 2.51 bits per heavy atom. The molecule has 0 amide bonds. The molecule has 35 heavy (non-hydrogen) atoms. The Hall–Kier alpha value is -3.73. The largest absolute Gasteiger partial charge is 0.458 e. The van der Waals surface area contributed by atoms with Crippen molar-refractivity contribution in [2.75, 3.05) is 23.3 Å². The molecule has 11 heteroatoms. The molecule has 4 heterocycles. The lowest BCUT2D eigenvalue weighted by Crippen LogP contribution is -2.34. The third-order valence-electron chi connectivity index (χ3n) is 6.08. The van der Waals surface area contributed by atoms with Gasteiger partial charge in [0.15, 0.2) is 11.4 Å². The highest BCUT2D eigenvalue weighted by Gasteiger charge is 2.26. The molecule has 5 rings (SSSR count). The Balaban J connectivity index is 0.000000917. The smallest absolute Gasteiger partial charge is 0.335 e. The van der Waals surface area contributed by atoms with Gasteiger partial charge in [0.1, 0.15) is 17.7 Å². The van der Waals surface area contributed by atoms with Crippen LogP contribution in [-0.2, 0) is 18.0 Å². The second-order valence-electron chi connectivity index (χ2n) is 8.27. The number of halogens is 1. The molecular formula is C24H25FN6O3S. The van der Waals surface area contributed by atoms with Crippen LogP contribution in [-0.4, -0.2) is 41.4 Å². The fourth-order valence-corrected chi connectivity index (χ4v) is 4.18. The Kier molecular flexibility index (Phi) is 7.76. The maximum atomic E-state index is 14.3. The van der Waals surface area contributed by atoms with Crippen LogP contribution < -0.4 is 10.2 Å². The molecule has 0 bridgehead atoms. The van der Waals surface area contributed by atoms with Crippen molar-refractivity contribution in [3.63, 3.8) is 0 Å². The summed E-state index contributed by atoms with van der Waals surface area (Å²) >= 11 is -0.750. The first-order chi connectivity index (χ1) is 17.0. The monoisotopic (exact) mass is 496 g/mol. The lowest BCUT2D eigenvalue weighted by Gasteiger charge is -2.31. The van der Waals surface area contributed by atoms with Crippen LogP contribution in [0.5, 0.6) is 0 Å². The molecule has 0 saturated carbocycles. The van der Waals surface area contributed by atoms with Gasteiger partial charge < -0.3 is 14.6 Å². The molecule has 0 spiro atoms. The minimum atomic E-state index is -0.750. The van der Waals surface area contributed by atoms with Crippen molar-refractivity contribution in [2.24, 2.45) is 0 Å². The van der Waals surface area contributed by atoms with Gasteiger partial charge in [-0.25, -0.2) is 24.3 Å². The molecule has 4 aromatic rings. The first kappa shape index (κ1) is 24.4. The van der Waals surface area contributed by atoms with Crippen LogP contribution >= 0.6 is 0 Å². The minimum Gasteiger partial charge on any atom is -0.458 e. The average Bonchev–Trinajstić information content (AvgIpc) is 3.32. The van der Waals surface area contributed by atoms with Gasteiger partial charge in [0.25, 0.3) is 0 Å². The highest BCUT2D eigenvalue weighted by molar-refractivity contribution is 7.51. The summed E-state index contributed by atoms with van der Waals surface area (Å²) in [6.07, 6.45) is 9.91.